The Labute approximate surface area is 135 Å². The summed E-state index contributed by atoms with van der Waals surface area (Å²) < 4.78 is 32.8. The lowest BCUT2D eigenvalue weighted by atomic mass is 10.3. The zero-order valence-electron chi connectivity index (χ0n) is 11.3. The number of nitrogens with one attached hydrogen (secondary N) is 1. The van der Waals surface area contributed by atoms with Crippen molar-refractivity contribution in [2.45, 2.75) is 4.90 Å². The van der Waals surface area contributed by atoms with Crippen molar-refractivity contribution in [1.29, 1.82) is 0 Å². The van der Waals surface area contributed by atoms with Gasteiger partial charge in [0.25, 0.3) is 15.7 Å². The van der Waals surface area contributed by atoms with E-state index >= 15 is 0 Å². The lowest BCUT2D eigenvalue weighted by Gasteiger charge is -2.11. The SMILES string of the molecule is COc1cc([N+](=O)[O-])ccc1S(=O)(=O)Nc1cccc(Br)c1. The fourth-order valence-corrected chi connectivity index (χ4v) is 3.35. The number of benzene rings is 2. The van der Waals surface area contributed by atoms with Gasteiger partial charge in [0.2, 0.25) is 0 Å². The molecular weight excluding hydrogens is 376 g/mol. The predicted molar refractivity (Wildman–Crippen MR) is 84.6 cm³/mol. The molecule has 0 saturated heterocycles. The second-order valence-corrected chi connectivity index (χ2v) is 6.77. The molecule has 2 aromatic rings. The molecule has 0 aliphatic rings. The zero-order valence-corrected chi connectivity index (χ0v) is 13.7. The first-order valence-electron chi connectivity index (χ1n) is 5.94. The molecule has 7 nitrogen and oxygen atoms in total. The van der Waals surface area contributed by atoms with Crippen molar-refractivity contribution in [3.8, 4) is 5.75 Å². The second kappa shape index (κ2) is 6.32. The number of methoxy groups -OCH3 is 1. The van der Waals surface area contributed by atoms with E-state index in [4.69, 9.17) is 4.74 Å². The molecule has 0 aliphatic heterocycles. The normalized spacial score (nSPS) is 11.0. The van der Waals surface area contributed by atoms with Crippen molar-refractivity contribution in [3.63, 3.8) is 0 Å². The van der Waals surface area contributed by atoms with E-state index < -0.39 is 14.9 Å². The van der Waals surface area contributed by atoms with Gasteiger partial charge in [-0.1, -0.05) is 22.0 Å². The minimum absolute atomic E-state index is 0.100. The summed E-state index contributed by atoms with van der Waals surface area (Å²) >= 11 is 3.25. The van der Waals surface area contributed by atoms with Crippen molar-refractivity contribution in [3.05, 3.63) is 57.1 Å². The van der Waals surface area contributed by atoms with Crippen molar-refractivity contribution >= 4 is 37.3 Å². The standard InChI is InChI=1S/C13H11BrN2O5S/c1-21-12-8-11(16(17)18)5-6-13(12)22(19,20)15-10-4-2-3-9(14)7-10/h2-8,15H,1H3. The van der Waals surface area contributed by atoms with E-state index in [9.17, 15) is 18.5 Å². The van der Waals surface area contributed by atoms with Gasteiger partial charge in [-0.15, -0.1) is 0 Å². The van der Waals surface area contributed by atoms with Crippen LogP contribution in [0.3, 0.4) is 0 Å². The Balaban J connectivity index is 2.43. The lowest BCUT2D eigenvalue weighted by molar-refractivity contribution is -0.385. The summed E-state index contributed by atoms with van der Waals surface area (Å²) in [6, 6.07) is 9.92. The Morgan fingerprint density at radius 3 is 2.55 bits per heavy atom. The third kappa shape index (κ3) is 3.55. The fourth-order valence-electron chi connectivity index (χ4n) is 1.75. The molecule has 1 N–H and O–H groups in total. The quantitative estimate of drug-likeness (QED) is 0.628. The van der Waals surface area contributed by atoms with Gasteiger partial charge in [0.1, 0.15) is 10.6 Å². The number of anilines is 1. The van der Waals surface area contributed by atoms with E-state index in [0.29, 0.717) is 10.2 Å². The number of halogens is 1. The molecule has 0 aliphatic carbocycles. The largest absolute Gasteiger partial charge is 0.495 e. The molecule has 2 rings (SSSR count). The van der Waals surface area contributed by atoms with Crippen LogP contribution >= 0.6 is 15.9 Å². The van der Waals surface area contributed by atoms with E-state index in [-0.39, 0.29) is 16.3 Å². The summed E-state index contributed by atoms with van der Waals surface area (Å²) in [6.45, 7) is 0. The number of sulfonamides is 1. The molecule has 0 spiro atoms. The number of hydrogen-bond donors (Lipinski definition) is 1. The third-order valence-corrected chi connectivity index (χ3v) is 4.64. The van der Waals surface area contributed by atoms with Crippen molar-refractivity contribution < 1.29 is 18.1 Å². The first kappa shape index (κ1) is 16.2. The van der Waals surface area contributed by atoms with Gasteiger partial charge in [-0.3, -0.25) is 14.8 Å². The van der Waals surface area contributed by atoms with Crippen LogP contribution in [-0.4, -0.2) is 20.5 Å². The Bertz CT molecular complexity index is 823. The number of rotatable bonds is 5. The van der Waals surface area contributed by atoms with Crippen LogP contribution in [0.1, 0.15) is 0 Å². The highest BCUT2D eigenvalue weighted by Gasteiger charge is 2.22. The fraction of sp³-hybridized carbons (Fsp3) is 0.0769. The van der Waals surface area contributed by atoms with E-state index in [0.717, 1.165) is 18.2 Å². The van der Waals surface area contributed by atoms with E-state index in [1.54, 1.807) is 24.3 Å². The Morgan fingerprint density at radius 2 is 1.95 bits per heavy atom. The van der Waals surface area contributed by atoms with Crippen molar-refractivity contribution in [2.75, 3.05) is 11.8 Å². The van der Waals surface area contributed by atoms with Crippen LogP contribution in [0, 0.1) is 10.1 Å². The molecule has 2 aromatic carbocycles. The van der Waals surface area contributed by atoms with Crippen LogP contribution in [-0.2, 0) is 10.0 Å². The van der Waals surface area contributed by atoms with E-state index in [2.05, 4.69) is 20.7 Å². The maximum atomic E-state index is 12.4. The minimum atomic E-state index is -3.93. The van der Waals surface area contributed by atoms with Gasteiger partial charge in [-0.25, -0.2) is 8.42 Å². The van der Waals surface area contributed by atoms with Crippen molar-refractivity contribution in [1.82, 2.24) is 0 Å². The maximum absolute atomic E-state index is 12.4. The number of nitrogens with zero attached hydrogens (tertiary/aromatic N) is 1. The first-order chi connectivity index (χ1) is 10.3. The topological polar surface area (TPSA) is 98.5 Å². The van der Waals surface area contributed by atoms with Crippen LogP contribution in [0.2, 0.25) is 0 Å². The predicted octanol–water partition coefficient (Wildman–Crippen LogP) is 3.17. The molecule has 0 amide bonds. The molecule has 0 heterocycles. The average molecular weight is 387 g/mol. The van der Waals surface area contributed by atoms with E-state index in [1.165, 1.54) is 7.11 Å². The zero-order chi connectivity index (χ0) is 16.3. The van der Waals surface area contributed by atoms with Gasteiger partial charge in [-0.05, 0) is 24.3 Å². The number of nitro benzene ring substituents is 1. The van der Waals surface area contributed by atoms with Crippen LogP contribution in [0.15, 0.2) is 51.8 Å². The molecule has 0 bridgehead atoms. The van der Waals surface area contributed by atoms with E-state index in [1.807, 2.05) is 0 Å². The molecule has 116 valence electrons. The highest BCUT2D eigenvalue weighted by atomic mass is 79.9. The van der Waals surface area contributed by atoms with Crippen LogP contribution in [0.5, 0.6) is 5.75 Å². The Kier molecular flexibility index (Phi) is 4.67. The summed E-state index contributed by atoms with van der Waals surface area (Å²) in [5.74, 6) is -0.100. The van der Waals surface area contributed by atoms with Gasteiger partial charge in [0.05, 0.1) is 18.1 Å². The smallest absolute Gasteiger partial charge is 0.273 e. The van der Waals surface area contributed by atoms with Crippen molar-refractivity contribution in [2.24, 2.45) is 0 Å². The number of nitro groups is 1. The second-order valence-electron chi connectivity index (χ2n) is 4.21. The summed E-state index contributed by atoms with van der Waals surface area (Å²) in [5, 5.41) is 10.7. The number of hydrogen-bond acceptors (Lipinski definition) is 5. The summed E-state index contributed by atoms with van der Waals surface area (Å²) in [4.78, 5) is 9.93. The maximum Gasteiger partial charge on any atom is 0.273 e. The molecule has 9 heteroatoms. The molecule has 0 radical (unpaired) electrons. The molecular formula is C13H11BrN2O5S. The molecule has 0 unspecified atom stereocenters. The summed E-state index contributed by atoms with van der Waals surface area (Å²) in [7, 11) is -2.69. The Hall–Kier alpha value is -2.13. The molecule has 22 heavy (non-hydrogen) atoms. The monoisotopic (exact) mass is 386 g/mol. The van der Waals surface area contributed by atoms with Gasteiger partial charge in [-0.2, -0.15) is 0 Å². The highest BCUT2D eigenvalue weighted by Crippen LogP contribution is 2.30. The Morgan fingerprint density at radius 1 is 1.23 bits per heavy atom. The van der Waals surface area contributed by atoms with Gasteiger partial charge in [0, 0.05) is 16.2 Å². The minimum Gasteiger partial charge on any atom is -0.495 e. The van der Waals surface area contributed by atoms with Gasteiger partial charge < -0.3 is 4.74 Å². The summed E-state index contributed by atoms with van der Waals surface area (Å²) in [6.07, 6.45) is 0. The molecule has 0 aromatic heterocycles. The molecule has 0 fully saturated rings. The van der Waals surface area contributed by atoms with Crippen LogP contribution in [0.4, 0.5) is 11.4 Å². The molecule has 0 saturated carbocycles. The van der Waals surface area contributed by atoms with Gasteiger partial charge in [0.15, 0.2) is 0 Å². The third-order valence-electron chi connectivity index (χ3n) is 2.72. The van der Waals surface area contributed by atoms with Gasteiger partial charge >= 0.3 is 0 Å². The average Bonchev–Trinajstić information content (AvgIpc) is 2.46. The molecule has 0 atom stereocenters. The highest BCUT2D eigenvalue weighted by molar-refractivity contribution is 9.10. The number of non-ortho nitro benzene ring substituents is 1. The van der Waals surface area contributed by atoms with Crippen LogP contribution in [0.25, 0.3) is 0 Å². The first-order valence-corrected chi connectivity index (χ1v) is 8.22. The summed E-state index contributed by atoms with van der Waals surface area (Å²) in [5.41, 5.74) is 0.105. The lowest BCUT2D eigenvalue weighted by Crippen LogP contribution is -2.14. The number of ether oxygens (including phenoxy) is 1. The van der Waals surface area contributed by atoms with Crippen LogP contribution < -0.4 is 9.46 Å².